The zero-order valence-electron chi connectivity index (χ0n) is 18.0. The fourth-order valence-electron chi connectivity index (χ4n) is 3.44. The molecule has 1 N–H and O–H groups in total. The first-order valence-corrected chi connectivity index (χ1v) is 9.76. The molecule has 0 aliphatic carbocycles. The van der Waals surface area contributed by atoms with Crippen LogP contribution in [0.1, 0.15) is 63.8 Å². The largest absolute Gasteiger partial charge is 0.384 e. The molecule has 4 heteroatoms. The molecular formula is C24H32F3N. The Morgan fingerprint density at radius 1 is 0.893 bits per heavy atom. The van der Waals surface area contributed by atoms with Crippen LogP contribution >= 0.6 is 0 Å². The molecule has 1 nitrogen and oxygen atoms in total. The van der Waals surface area contributed by atoms with Crippen LogP contribution in [-0.2, 0) is 17.8 Å². The van der Waals surface area contributed by atoms with Crippen LogP contribution in [0, 0.1) is 18.2 Å². The van der Waals surface area contributed by atoms with Gasteiger partial charge in [0.15, 0.2) is 0 Å². The smallest absolute Gasteiger partial charge is 0.272 e. The van der Waals surface area contributed by atoms with E-state index in [4.69, 9.17) is 0 Å². The monoisotopic (exact) mass is 391 g/mol. The number of hydrogen-bond donors (Lipinski definition) is 1. The zero-order chi connectivity index (χ0) is 21.3. The Balaban J connectivity index is 2.31. The molecule has 0 unspecified atom stereocenters. The number of benzene rings is 2. The van der Waals surface area contributed by atoms with Gasteiger partial charge in [-0.25, -0.2) is 13.2 Å². The van der Waals surface area contributed by atoms with E-state index in [1.165, 1.54) is 12.1 Å². The third kappa shape index (κ3) is 4.53. The third-order valence-corrected chi connectivity index (χ3v) is 6.04. The Morgan fingerprint density at radius 2 is 1.50 bits per heavy atom. The van der Waals surface area contributed by atoms with Crippen LogP contribution in [0.4, 0.5) is 18.9 Å². The number of hydrogen-bond acceptors (Lipinski definition) is 1. The molecule has 0 radical (unpaired) electrons. The number of rotatable bonds is 6. The van der Waals surface area contributed by atoms with E-state index in [9.17, 15) is 13.2 Å². The molecule has 0 saturated heterocycles. The van der Waals surface area contributed by atoms with E-state index in [2.05, 4.69) is 39.9 Å². The summed E-state index contributed by atoms with van der Waals surface area (Å²) >= 11 is 0. The Labute approximate surface area is 167 Å². The van der Waals surface area contributed by atoms with E-state index in [1.807, 2.05) is 19.1 Å². The first-order valence-electron chi connectivity index (χ1n) is 9.76. The van der Waals surface area contributed by atoms with Crippen molar-refractivity contribution in [1.29, 1.82) is 0 Å². The summed E-state index contributed by atoms with van der Waals surface area (Å²) in [6, 6.07) is 10.0. The van der Waals surface area contributed by atoms with Crippen LogP contribution in [-0.4, -0.2) is 6.54 Å². The second-order valence-corrected chi connectivity index (χ2v) is 9.21. The summed E-state index contributed by atoms with van der Waals surface area (Å²) in [7, 11) is 0. The summed E-state index contributed by atoms with van der Waals surface area (Å²) in [6.45, 7) is 13.6. The minimum absolute atomic E-state index is 0.0120. The van der Waals surface area contributed by atoms with Crippen molar-refractivity contribution in [1.82, 2.24) is 0 Å². The van der Waals surface area contributed by atoms with Crippen molar-refractivity contribution in [2.45, 2.75) is 66.2 Å². The Bertz CT molecular complexity index is 827. The fraction of sp³-hybridized carbons (Fsp3) is 0.500. The third-order valence-electron chi connectivity index (χ3n) is 6.04. The lowest BCUT2D eigenvalue weighted by atomic mass is 9.64. The minimum Gasteiger partial charge on any atom is -0.384 e. The van der Waals surface area contributed by atoms with Gasteiger partial charge in [0.1, 0.15) is 5.82 Å². The predicted molar refractivity (Wildman–Crippen MR) is 112 cm³/mol. The zero-order valence-corrected chi connectivity index (χ0v) is 18.0. The van der Waals surface area contributed by atoms with Gasteiger partial charge < -0.3 is 5.32 Å². The van der Waals surface area contributed by atoms with Crippen molar-refractivity contribution in [2.24, 2.45) is 5.41 Å². The second-order valence-electron chi connectivity index (χ2n) is 9.21. The summed E-state index contributed by atoms with van der Waals surface area (Å²) < 4.78 is 42.7. The molecule has 0 fully saturated rings. The van der Waals surface area contributed by atoms with E-state index in [0.717, 1.165) is 18.1 Å². The molecule has 0 aliphatic rings. The van der Waals surface area contributed by atoms with Gasteiger partial charge in [-0.2, -0.15) is 0 Å². The molecule has 0 saturated carbocycles. The fourth-order valence-corrected chi connectivity index (χ4v) is 3.44. The number of para-hydroxylation sites is 1. The predicted octanol–water partition coefficient (Wildman–Crippen LogP) is 7.22. The molecule has 2 rings (SSSR count). The summed E-state index contributed by atoms with van der Waals surface area (Å²) in [5, 5.41) is 3.17. The first-order chi connectivity index (χ1) is 12.8. The molecular weight excluding hydrogens is 359 g/mol. The Kier molecular flexibility index (Phi) is 6.22. The average molecular weight is 392 g/mol. The van der Waals surface area contributed by atoms with Gasteiger partial charge in [0.05, 0.1) is 0 Å². The molecule has 0 aromatic heterocycles. The van der Waals surface area contributed by atoms with Gasteiger partial charge in [-0.3, -0.25) is 0 Å². The molecule has 0 amide bonds. The maximum atomic E-state index is 14.8. The van der Waals surface area contributed by atoms with Gasteiger partial charge in [-0.05, 0) is 46.9 Å². The molecule has 154 valence electrons. The number of anilines is 1. The topological polar surface area (TPSA) is 12.0 Å². The van der Waals surface area contributed by atoms with Crippen molar-refractivity contribution < 1.29 is 13.2 Å². The van der Waals surface area contributed by atoms with Crippen LogP contribution in [0.15, 0.2) is 36.4 Å². The van der Waals surface area contributed by atoms with Gasteiger partial charge in [0, 0.05) is 24.7 Å². The van der Waals surface area contributed by atoms with Gasteiger partial charge in [-0.1, -0.05) is 65.0 Å². The Morgan fingerprint density at radius 3 is 2.07 bits per heavy atom. The molecule has 0 aliphatic heterocycles. The summed E-state index contributed by atoms with van der Waals surface area (Å²) in [6.07, 6.45) is 0.551. The summed E-state index contributed by atoms with van der Waals surface area (Å²) in [4.78, 5) is 0. The van der Waals surface area contributed by atoms with Crippen LogP contribution in [0.5, 0.6) is 0 Å². The van der Waals surface area contributed by atoms with Crippen molar-refractivity contribution in [3.63, 3.8) is 0 Å². The summed E-state index contributed by atoms with van der Waals surface area (Å²) in [5.41, 5.74) is 2.32. The molecule has 2 aromatic rings. The lowest BCUT2D eigenvalue weighted by Crippen LogP contribution is -2.36. The molecule has 0 bridgehead atoms. The lowest BCUT2D eigenvalue weighted by molar-refractivity contribution is 0.0182. The maximum Gasteiger partial charge on any atom is 0.272 e. The van der Waals surface area contributed by atoms with E-state index < -0.39 is 5.92 Å². The normalized spacial score (nSPS) is 12.9. The highest BCUT2D eigenvalue weighted by Gasteiger charge is 2.38. The molecule has 0 spiro atoms. The van der Waals surface area contributed by atoms with E-state index in [0.29, 0.717) is 24.2 Å². The van der Waals surface area contributed by atoms with Crippen molar-refractivity contribution >= 4 is 5.69 Å². The number of aryl methyl sites for hydroxylation is 1. The van der Waals surface area contributed by atoms with Crippen molar-refractivity contribution in [3.05, 3.63) is 64.5 Å². The van der Waals surface area contributed by atoms with Gasteiger partial charge in [-0.15, -0.1) is 0 Å². The molecule has 2 aromatic carbocycles. The van der Waals surface area contributed by atoms with E-state index in [1.54, 1.807) is 12.1 Å². The highest BCUT2D eigenvalue weighted by Crippen LogP contribution is 2.43. The summed E-state index contributed by atoms with van der Waals surface area (Å²) in [5.74, 6) is -3.14. The molecule has 0 atom stereocenters. The quantitative estimate of drug-likeness (QED) is 0.548. The van der Waals surface area contributed by atoms with Crippen LogP contribution in [0.3, 0.4) is 0 Å². The molecule has 28 heavy (non-hydrogen) atoms. The van der Waals surface area contributed by atoms with Gasteiger partial charge in [0.2, 0.25) is 0 Å². The second kappa shape index (κ2) is 7.81. The average Bonchev–Trinajstić information content (AvgIpc) is 2.54. The number of alkyl halides is 2. The SMILES string of the molecule is Cc1cccc(C(C)(F)F)c1NCCc1cccc(F)c1C(C)(C)C(C)(C)C. The minimum atomic E-state index is -2.92. The Hall–Kier alpha value is -1.97. The van der Waals surface area contributed by atoms with Gasteiger partial charge >= 0.3 is 0 Å². The van der Waals surface area contributed by atoms with E-state index in [-0.39, 0.29) is 22.2 Å². The standard InChI is InChI=1S/C24H32F3N/c1-16-10-8-12-18(24(7,26)27)21(16)28-15-14-17-11-9-13-19(25)20(17)23(5,6)22(2,3)4/h8-13,28H,14-15H2,1-7H3. The van der Waals surface area contributed by atoms with Crippen LogP contribution in [0.25, 0.3) is 0 Å². The van der Waals surface area contributed by atoms with Crippen LogP contribution in [0.2, 0.25) is 0 Å². The van der Waals surface area contributed by atoms with Crippen molar-refractivity contribution in [3.8, 4) is 0 Å². The van der Waals surface area contributed by atoms with Crippen molar-refractivity contribution in [2.75, 3.05) is 11.9 Å². The first kappa shape index (κ1) is 22.3. The highest BCUT2D eigenvalue weighted by molar-refractivity contribution is 5.59. The maximum absolute atomic E-state index is 14.8. The number of nitrogens with one attached hydrogen (secondary N) is 1. The number of halogens is 3. The lowest BCUT2D eigenvalue weighted by Gasteiger charge is -2.41. The highest BCUT2D eigenvalue weighted by atomic mass is 19.3. The molecule has 0 heterocycles. The van der Waals surface area contributed by atoms with Gasteiger partial charge in [0.25, 0.3) is 5.92 Å². The van der Waals surface area contributed by atoms with E-state index >= 15 is 0 Å². The van der Waals surface area contributed by atoms with Crippen LogP contribution < -0.4 is 5.32 Å².